The third-order valence-corrected chi connectivity index (χ3v) is 3.88. The van der Waals surface area contributed by atoms with Crippen molar-refractivity contribution in [1.29, 1.82) is 0 Å². The molecule has 0 unspecified atom stereocenters. The fourth-order valence-electron chi connectivity index (χ4n) is 2.68. The molecule has 3 rings (SSSR count). The maximum atomic E-state index is 13.7. The quantitative estimate of drug-likeness (QED) is 0.903. The number of nitrogens with zero attached hydrogens (tertiary/aromatic N) is 3. The van der Waals surface area contributed by atoms with Crippen molar-refractivity contribution in [2.75, 3.05) is 23.3 Å². The van der Waals surface area contributed by atoms with Crippen LogP contribution in [0.15, 0.2) is 36.7 Å². The number of aliphatic carboxylic acids is 1. The monoisotopic (exact) mass is 316 g/mol. The van der Waals surface area contributed by atoms with Gasteiger partial charge in [-0.1, -0.05) is 12.1 Å². The molecule has 1 aliphatic heterocycles. The second-order valence-electron chi connectivity index (χ2n) is 5.49. The molecule has 7 heteroatoms. The minimum atomic E-state index is -0.784. The Morgan fingerprint density at radius 1 is 1.35 bits per heavy atom. The average molecular weight is 316 g/mol. The maximum Gasteiger partial charge on any atom is 0.308 e. The Balaban J connectivity index is 1.77. The molecule has 120 valence electrons. The highest BCUT2D eigenvalue weighted by Crippen LogP contribution is 2.24. The molecule has 1 aliphatic rings. The Hall–Kier alpha value is -2.70. The molecule has 1 saturated heterocycles. The summed E-state index contributed by atoms with van der Waals surface area (Å²) in [6, 6.07) is 8.04. The second kappa shape index (κ2) is 6.60. The number of halogens is 1. The topological polar surface area (TPSA) is 78.4 Å². The van der Waals surface area contributed by atoms with Crippen molar-refractivity contribution < 1.29 is 14.3 Å². The summed E-state index contributed by atoms with van der Waals surface area (Å²) in [5.41, 5.74) is 0.333. The number of hydrogen-bond donors (Lipinski definition) is 2. The molecular weight excluding hydrogens is 299 g/mol. The van der Waals surface area contributed by atoms with Gasteiger partial charge in [-0.25, -0.2) is 14.4 Å². The van der Waals surface area contributed by atoms with Crippen molar-refractivity contribution in [3.05, 3.63) is 42.5 Å². The van der Waals surface area contributed by atoms with Crippen LogP contribution in [0.1, 0.15) is 12.8 Å². The van der Waals surface area contributed by atoms with E-state index in [1.54, 1.807) is 24.3 Å². The number of carboxylic acids is 1. The molecule has 1 aromatic carbocycles. The van der Waals surface area contributed by atoms with Crippen molar-refractivity contribution in [2.24, 2.45) is 5.92 Å². The van der Waals surface area contributed by atoms with Crippen LogP contribution in [0.25, 0.3) is 0 Å². The molecular formula is C16H17FN4O2. The van der Waals surface area contributed by atoms with E-state index in [-0.39, 0.29) is 11.7 Å². The fraction of sp³-hybridized carbons (Fsp3) is 0.312. The highest BCUT2D eigenvalue weighted by atomic mass is 19.1. The Bertz CT molecular complexity index is 710. The molecule has 2 heterocycles. The Morgan fingerprint density at radius 2 is 2.17 bits per heavy atom. The summed E-state index contributed by atoms with van der Waals surface area (Å²) in [5.74, 6) is -0.422. The molecule has 0 saturated carbocycles. The number of piperidine rings is 1. The summed E-state index contributed by atoms with van der Waals surface area (Å²) >= 11 is 0. The van der Waals surface area contributed by atoms with Crippen LogP contribution in [-0.4, -0.2) is 34.1 Å². The van der Waals surface area contributed by atoms with E-state index in [1.807, 2.05) is 4.90 Å². The zero-order valence-corrected chi connectivity index (χ0v) is 12.4. The van der Waals surface area contributed by atoms with E-state index in [4.69, 9.17) is 5.11 Å². The third kappa shape index (κ3) is 3.56. The third-order valence-electron chi connectivity index (χ3n) is 3.88. The van der Waals surface area contributed by atoms with Gasteiger partial charge in [-0.15, -0.1) is 0 Å². The number of rotatable bonds is 4. The molecule has 0 amide bonds. The van der Waals surface area contributed by atoms with Gasteiger partial charge in [0.2, 0.25) is 0 Å². The van der Waals surface area contributed by atoms with Crippen LogP contribution < -0.4 is 10.2 Å². The zero-order valence-electron chi connectivity index (χ0n) is 12.4. The number of anilines is 3. The number of carboxylic acid groups (broad SMARTS) is 1. The van der Waals surface area contributed by atoms with Gasteiger partial charge in [-0.2, -0.15) is 0 Å². The summed E-state index contributed by atoms with van der Waals surface area (Å²) in [6.45, 7) is 1.17. The summed E-state index contributed by atoms with van der Waals surface area (Å²) in [6.07, 6.45) is 2.87. The van der Waals surface area contributed by atoms with Crippen molar-refractivity contribution in [3.8, 4) is 0 Å². The summed E-state index contributed by atoms with van der Waals surface area (Å²) in [5, 5.41) is 12.1. The normalized spacial score (nSPS) is 17.8. The minimum absolute atomic E-state index is 0.333. The van der Waals surface area contributed by atoms with Crippen LogP contribution in [0.5, 0.6) is 0 Å². The molecule has 0 aliphatic carbocycles. The lowest BCUT2D eigenvalue weighted by atomic mass is 9.98. The van der Waals surface area contributed by atoms with Crippen molar-refractivity contribution in [1.82, 2.24) is 9.97 Å². The molecule has 1 atom stereocenters. The SMILES string of the molecule is O=C(O)[C@@H]1CCCN(c2cc(Nc3ccccc3F)ncn2)C1. The fourth-order valence-corrected chi connectivity index (χ4v) is 2.68. The van der Waals surface area contributed by atoms with E-state index in [1.165, 1.54) is 12.4 Å². The number of nitrogens with one attached hydrogen (secondary N) is 1. The lowest BCUT2D eigenvalue weighted by Crippen LogP contribution is -2.39. The molecule has 1 aromatic heterocycles. The molecule has 0 spiro atoms. The number of hydrogen-bond acceptors (Lipinski definition) is 5. The highest BCUT2D eigenvalue weighted by Gasteiger charge is 2.26. The second-order valence-corrected chi connectivity index (χ2v) is 5.49. The van der Waals surface area contributed by atoms with Gasteiger partial charge in [0.15, 0.2) is 0 Å². The van der Waals surface area contributed by atoms with Crippen molar-refractivity contribution in [2.45, 2.75) is 12.8 Å². The molecule has 1 fully saturated rings. The van der Waals surface area contributed by atoms with Crippen LogP contribution in [0, 0.1) is 11.7 Å². The van der Waals surface area contributed by atoms with E-state index in [9.17, 15) is 9.18 Å². The first kappa shape index (κ1) is 15.2. The van der Waals surface area contributed by atoms with Gasteiger partial charge in [0.1, 0.15) is 23.8 Å². The molecule has 0 radical (unpaired) electrons. The van der Waals surface area contributed by atoms with Crippen molar-refractivity contribution in [3.63, 3.8) is 0 Å². The van der Waals surface area contributed by atoms with Gasteiger partial charge < -0.3 is 15.3 Å². The maximum absolute atomic E-state index is 13.7. The largest absolute Gasteiger partial charge is 0.481 e. The van der Waals surface area contributed by atoms with E-state index in [2.05, 4.69) is 15.3 Å². The summed E-state index contributed by atoms with van der Waals surface area (Å²) in [7, 11) is 0. The van der Waals surface area contributed by atoms with Gasteiger partial charge in [0.05, 0.1) is 11.6 Å². The first-order chi connectivity index (χ1) is 11.1. The molecule has 2 N–H and O–H groups in total. The average Bonchev–Trinajstić information content (AvgIpc) is 2.57. The molecule has 0 bridgehead atoms. The predicted molar refractivity (Wildman–Crippen MR) is 84.3 cm³/mol. The Morgan fingerprint density at radius 3 is 2.96 bits per heavy atom. The van der Waals surface area contributed by atoms with Gasteiger partial charge in [0, 0.05) is 19.2 Å². The van der Waals surface area contributed by atoms with E-state index < -0.39 is 5.97 Å². The first-order valence-electron chi connectivity index (χ1n) is 7.45. The van der Waals surface area contributed by atoms with Crippen LogP contribution in [0.4, 0.5) is 21.7 Å². The van der Waals surface area contributed by atoms with Gasteiger partial charge >= 0.3 is 5.97 Å². The highest BCUT2D eigenvalue weighted by molar-refractivity contribution is 5.71. The Labute approximate surface area is 133 Å². The zero-order chi connectivity index (χ0) is 16.2. The summed E-state index contributed by atoms with van der Waals surface area (Å²) < 4.78 is 13.7. The van der Waals surface area contributed by atoms with E-state index >= 15 is 0 Å². The minimum Gasteiger partial charge on any atom is -0.481 e. The lowest BCUT2D eigenvalue weighted by molar-refractivity contribution is -0.141. The van der Waals surface area contributed by atoms with Crippen LogP contribution in [0.2, 0.25) is 0 Å². The van der Waals surface area contributed by atoms with E-state index in [0.717, 1.165) is 13.0 Å². The van der Waals surface area contributed by atoms with Crippen molar-refractivity contribution >= 4 is 23.3 Å². The standard InChI is InChI=1S/C16H17FN4O2/c17-12-5-1-2-6-13(12)20-14-8-15(19-10-18-14)21-7-3-4-11(9-21)16(22)23/h1-2,5-6,8,10-11H,3-4,7,9H2,(H,22,23)(H,18,19,20)/t11-/m1/s1. The van der Waals surface area contributed by atoms with Gasteiger partial charge in [-0.3, -0.25) is 4.79 Å². The number of benzene rings is 1. The number of carbonyl (C=O) groups is 1. The smallest absolute Gasteiger partial charge is 0.308 e. The Kier molecular flexibility index (Phi) is 4.36. The predicted octanol–water partition coefficient (Wildman–Crippen LogP) is 2.66. The molecule has 2 aromatic rings. The lowest BCUT2D eigenvalue weighted by Gasteiger charge is -2.31. The molecule has 23 heavy (non-hydrogen) atoms. The summed E-state index contributed by atoms with van der Waals surface area (Å²) in [4.78, 5) is 21.4. The van der Waals surface area contributed by atoms with Gasteiger partial charge in [0.25, 0.3) is 0 Å². The van der Waals surface area contributed by atoms with Crippen LogP contribution >= 0.6 is 0 Å². The van der Waals surface area contributed by atoms with Gasteiger partial charge in [-0.05, 0) is 25.0 Å². The number of aromatic nitrogens is 2. The molecule has 6 nitrogen and oxygen atoms in total. The van der Waals surface area contributed by atoms with Crippen LogP contribution in [0.3, 0.4) is 0 Å². The van der Waals surface area contributed by atoms with E-state index in [0.29, 0.717) is 30.3 Å². The van der Waals surface area contributed by atoms with Crippen LogP contribution in [-0.2, 0) is 4.79 Å². The number of para-hydroxylation sites is 1. The first-order valence-corrected chi connectivity index (χ1v) is 7.45.